The molecule has 2 aliphatic heterocycles. The monoisotopic (exact) mass is 183 g/mol. The second-order valence-corrected chi connectivity index (χ2v) is 4.64. The van der Waals surface area contributed by atoms with Crippen molar-refractivity contribution in [3.8, 4) is 0 Å². The summed E-state index contributed by atoms with van der Waals surface area (Å²) in [7, 11) is 0. The Bertz CT molecular complexity index is 217. The highest BCUT2D eigenvalue weighted by Gasteiger charge is 2.58. The Labute approximate surface area is 78.7 Å². The fraction of sp³-hybridized carbons (Fsp3) is 1.00. The predicted molar refractivity (Wildman–Crippen MR) is 48.1 cm³/mol. The Morgan fingerprint density at radius 1 is 1.38 bits per heavy atom. The quantitative estimate of drug-likeness (QED) is 0.613. The van der Waals surface area contributed by atoms with Crippen LogP contribution in [-0.4, -0.2) is 24.4 Å². The van der Waals surface area contributed by atoms with Crippen LogP contribution in [0.2, 0.25) is 0 Å². The van der Waals surface area contributed by atoms with Gasteiger partial charge in [0.25, 0.3) is 0 Å². The molecule has 3 fully saturated rings. The van der Waals surface area contributed by atoms with Crippen molar-refractivity contribution in [3.05, 3.63) is 0 Å². The molecule has 0 aromatic carbocycles. The first-order valence-electron chi connectivity index (χ1n) is 5.37. The smallest absolute Gasteiger partial charge is 0.0832 e. The first kappa shape index (κ1) is 8.21. The molecule has 4 atom stereocenters. The number of nitrogens with one attached hydrogen (secondary N) is 1. The Kier molecular flexibility index (Phi) is 1.70. The molecule has 1 spiro atoms. The standard InChI is InChI=1S/C10H17NO2/c1-7-8-6-12-9-4-2-3-5-10(8,9)11-13-7/h7-9,11H,2-6H2,1H3/t7-,8-,9-,10+/m0/s1. The van der Waals surface area contributed by atoms with Gasteiger partial charge in [0.1, 0.15) is 0 Å². The fourth-order valence-electron chi connectivity index (χ4n) is 3.22. The van der Waals surface area contributed by atoms with Crippen LogP contribution >= 0.6 is 0 Å². The van der Waals surface area contributed by atoms with Gasteiger partial charge in [-0.15, -0.1) is 0 Å². The van der Waals surface area contributed by atoms with Crippen LogP contribution in [0.3, 0.4) is 0 Å². The van der Waals surface area contributed by atoms with Crippen LogP contribution < -0.4 is 5.48 Å². The first-order chi connectivity index (χ1) is 6.33. The number of hydrogen-bond acceptors (Lipinski definition) is 3. The van der Waals surface area contributed by atoms with Crippen LogP contribution in [0.1, 0.15) is 32.6 Å². The lowest BCUT2D eigenvalue weighted by molar-refractivity contribution is -0.0510. The molecule has 0 bridgehead atoms. The van der Waals surface area contributed by atoms with Gasteiger partial charge in [0.05, 0.1) is 24.4 Å². The highest BCUT2D eigenvalue weighted by Crippen LogP contribution is 2.46. The van der Waals surface area contributed by atoms with E-state index < -0.39 is 0 Å². The highest BCUT2D eigenvalue weighted by atomic mass is 16.7. The van der Waals surface area contributed by atoms with E-state index in [4.69, 9.17) is 9.57 Å². The number of hydroxylamine groups is 1. The Morgan fingerprint density at radius 2 is 2.31 bits per heavy atom. The highest BCUT2D eigenvalue weighted by molar-refractivity contribution is 5.09. The minimum atomic E-state index is 0.178. The van der Waals surface area contributed by atoms with E-state index in [1.54, 1.807) is 0 Å². The van der Waals surface area contributed by atoms with Crippen LogP contribution in [0.15, 0.2) is 0 Å². The summed E-state index contributed by atoms with van der Waals surface area (Å²) in [5.41, 5.74) is 3.44. The van der Waals surface area contributed by atoms with Gasteiger partial charge in [0.15, 0.2) is 0 Å². The molecule has 3 aliphatic rings. The SMILES string of the molecule is C[C@@H]1ON[C@@]23CCCC[C@@H]2OC[C@@H]13. The third-order valence-electron chi connectivity index (χ3n) is 4.02. The Hall–Kier alpha value is -0.120. The summed E-state index contributed by atoms with van der Waals surface area (Å²) >= 11 is 0. The van der Waals surface area contributed by atoms with Gasteiger partial charge in [-0.2, -0.15) is 5.48 Å². The molecule has 2 heterocycles. The zero-order valence-corrected chi connectivity index (χ0v) is 8.08. The molecule has 2 saturated heterocycles. The summed E-state index contributed by atoms with van der Waals surface area (Å²) in [5.74, 6) is 0.581. The summed E-state index contributed by atoms with van der Waals surface area (Å²) in [6.45, 7) is 3.03. The van der Waals surface area contributed by atoms with Crippen LogP contribution in [0.5, 0.6) is 0 Å². The molecule has 1 aliphatic carbocycles. The van der Waals surface area contributed by atoms with Crippen LogP contribution in [0.25, 0.3) is 0 Å². The van der Waals surface area contributed by atoms with Gasteiger partial charge in [0.2, 0.25) is 0 Å². The normalized spacial score (nSPS) is 54.7. The Balaban J connectivity index is 1.92. The summed E-state index contributed by atoms with van der Waals surface area (Å²) in [4.78, 5) is 5.55. The van der Waals surface area contributed by atoms with E-state index in [1.165, 1.54) is 25.7 Å². The van der Waals surface area contributed by atoms with Crippen LogP contribution in [-0.2, 0) is 9.57 Å². The maximum Gasteiger partial charge on any atom is 0.0832 e. The minimum Gasteiger partial charge on any atom is -0.376 e. The fourth-order valence-corrected chi connectivity index (χ4v) is 3.22. The lowest BCUT2D eigenvalue weighted by Gasteiger charge is -2.36. The van der Waals surface area contributed by atoms with Crippen molar-refractivity contribution in [3.63, 3.8) is 0 Å². The van der Waals surface area contributed by atoms with E-state index >= 15 is 0 Å². The molecule has 0 amide bonds. The number of ether oxygens (including phenoxy) is 1. The van der Waals surface area contributed by atoms with Crippen molar-refractivity contribution in [2.75, 3.05) is 6.61 Å². The topological polar surface area (TPSA) is 30.5 Å². The third-order valence-corrected chi connectivity index (χ3v) is 4.02. The molecular formula is C10H17NO2. The molecule has 3 nitrogen and oxygen atoms in total. The van der Waals surface area contributed by atoms with E-state index in [9.17, 15) is 0 Å². The second kappa shape index (κ2) is 2.69. The van der Waals surface area contributed by atoms with Gasteiger partial charge in [0, 0.05) is 5.92 Å². The van der Waals surface area contributed by atoms with Crippen molar-refractivity contribution in [1.82, 2.24) is 5.48 Å². The third kappa shape index (κ3) is 0.953. The van der Waals surface area contributed by atoms with Crippen molar-refractivity contribution in [1.29, 1.82) is 0 Å². The summed E-state index contributed by atoms with van der Waals surface area (Å²) in [6.07, 6.45) is 5.81. The van der Waals surface area contributed by atoms with Gasteiger partial charge in [-0.1, -0.05) is 12.8 Å². The van der Waals surface area contributed by atoms with E-state index in [0.29, 0.717) is 18.1 Å². The molecule has 3 heteroatoms. The van der Waals surface area contributed by atoms with Crippen molar-refractivity contribution >= 4 is 0 Å². The van der Waals surface area contributed by atoms with E-state index in [0.717, 1.165) is 6.61 Å². The molecule has 1 saturated carbocycles. The molecule has 74 valence electrons. The van der Waals surface area contributed by atoms with Gasteiger partial charge in [-0.25, -0.2) is 0 Å². The van der Waals surface area contributed by atoms with Gasteiger partial charge < -0.3 is 4.74 Å². The Morgan fingerprint density at radius 3 is 3.23 bits per heavy atom. The zero-order valence-electron chi connectivity index (χ0n) is 8.08. The largest absolute Gasteiger partial charge is 0.376 e. The molecule has 0 aromatic heterocycles. The summed E-state index contributed by atoms with van der Waals surface area (Å²) < 4.78 is 5.84. The van der Waals surface area contributed by atoms with Crippen LogP contribution in [0.4, 0.5) is 0 Å². The predicted octanol–water partition coefficient (Wildman–Crippen LogP) is 1.24. The number of rotatable bonds is 0. The molecule has 3 rings (SSSR count). The molecular weight excluding hydrogens is 166 g/mol. The van der Waals surface area contributed by atoms with E-state index in [2.05, 4.69) is 12.4 Å². The maximum atomic E-state index is 5.84. The second-order valence-electron chi connectivity index (χ2n) is 4.64. The van der Waals surface area contributed by atoms with Gasteiger partial charge >= 0.3 is 0 Å². The molecule has 13 heavy (non-hydrogen) atoms. The van der Waals surface area contributed by atoms with Crippen molar-refractivity contribution in [2.45, 2.75) is 50.4 Å². The van der Waals surface area contributed by atoms with Crippen molar-refractivity contribution in [2.24, 2.45) is 5.92 Å². The molecule has 0 radical (unpaired) electrons. The lowest BCUT2D eigenvalue weighted by Crippen LogP contribution is -2.52. The van der Waals surface area contributed by atoms with E-state index in [1.807, 2.05) is 0 Å². The molecule has 0 unspecified atom stereocenters. The van der Waals surface area contributed by atoms with Gasteiger partial charge in [-0.05, 0) is 19.8 Å². The van der Waals surface area contributed by atoms with Crippen molar-refractivity contribution < 1.29 is 9.57 Å². The summed E-state index contributed by atoms with van der Waals surface area (Å²) in [6, 6.07) is 0. The van der Waals surface area contributed by atoms with Gasteiger partial charge in [-0.3, -0.25) is 4.84 Å². The van der Waals surface area contributed by atoms with E-state index in [-0.39, 0.29) is 5.54 Å². The van der Waals surface area contributed by atoms with Crippen LogP contribution in [0, 0.1) is 5.92 Å². The average molecular weight is 183 g/mol. The minimum absolute atomic E-state index is 0.178. The maximum absolute atomic E-state index is 5.84. The summed E-state index contributed by atoms with van der Waals surface area (Å²) in [5, 5.41) is 0. The average Bonchev–Trinajstić information content (AvgIpc) is 2.65. The number of hydrogen-bond donors (Lipinski definition) is 1. The molecule has 1 N–H and O–H groups in total. The lowest BCUT2D eigenvalue weighted by atomic mass is 9.73. The zero-order chi connectivity index (χ0) is 8.89. The first-order valence-corrected chi connectivity index (χ1v) is 5.37. The molecule has 0 aromatic rings.